The molecule has 0 aromatic carbocycles. The molecular formula is C18H33N3O6S. The molecule has 0 bridgehead atoms. The number of hydrogen-bond donors (Lipinski definition) is 4. The number of nitrogens with one attached hydrogen (secondary N) is 1. The zero-order valence-electron chi connectivity index (χ0n) is 16.4. The van der Waals surface area contributed by atoms with Gasteiger partial charge in [-0.2, -0.15) is 11.8 Å². The van der Waals surface area contributed by atoms with Gasteiger partial charge in [0.25, 0.3) is 6.47 Å². The Morgan fingerprint density at radius 2 is 1.89 bits per heavy atom. The number of thioether (sulfide) groups is 1. The third-order valence-electron chi connectivity index (χ3n) is 4.23. The van der Waals surface area contributed by atoms with E-state index in [9.17, 15) is 19.2 Å². The number of ketones is 1. The van der Waals surface area contributed by atoms with Crippen LogP contribution in [0.25, 0.3) is 0 Å². The number of amides is 1. The van der Waals surface area contributed by atoms with Gasteiger partial charge >= 0.3 is 5.97 Å². The number of Topliss-reactive ketones (excluding diaryl/α,β-unsaturated/α-hetero) is 1. The van der Waals surface area contributed by atoms with Crippen molar-refractivity contribution in [2.24, 2.45) is 17.4 Å². The molecule has 0 rings (SSSR count). The molecule has 10 heteroatoms. The van der Waals surface area contributed by atoms with E-state index in [0.29, 0.717) is 25.1 Å². The number of nitrogens with two attached hydrogens (primary N) is 2. The summed E-state index contributed by atoms with van der Waals surface area (Å²) in [5.74, 6) is -1.28. The fourth-order valence-corrected chi connectivity index (χ4v) is 3.22. The van der Waals surface area contributed by atoms with Gasteiger partial charge in [-0.1, -0.05) is 6.42 Å². The van der Waals surface area contributed by atoms with Gasteiger partial charge in [-0.15, -0.1) is 0 Å². The van der Waals surface area contributed by atoms with Crippen LogP contribution in [0.3, 0.4) is 0 Å². The van der Waals surface area contributed by atoms with Crippen LogP contribution < -0.4 is 16.8 Å². The van der Waals surface area contributed by atoms with E-state index in [2.05, 4.69) is 10.1 Å². The Balaban J connectivity index is 4.79. The molecule has 6 N–H and O–H groups in total. The van der Waals surface area contributed by atoms with Gasteiger partial charge < -0.3 is 20.9 Å². The molecule has 0 heterocycles. The van der Waals surface area contributed by atoms with E-state index in [1.165, 1.54) is 0 Å². The van der Waals surface area contributed by atoms with Crippen molar-refractivity contribution >= 4 is 35.9 Å². The highest BCUT2D eigenvalue weighted by molar-refractivity contribution is 7.98. The molecule has 0 aliphatic heterocycles. The predicted molar refractivity (Wildman–Crippen MR) is 108 cm³/mol. The number of carbonyl (C=O) groups excluding carboxylic acids is 3. The van der Waals surface area contributed by atoms with Gasteiger partial charge in [0.05, 0.1) is 6.42 Å². The van der Waals surface area contributed by atoms with Crippen molar-refractivity contribution in [2.45, 2.75) is 63.6 Å². The second kappa shape index (κ2) is 16.3. The first-order valence-electron chi connectivity index (χ1n) is 9.41. The van der Waals surface area contributed by atoms with Crippen molar-refractivity contribution in [3.63, 3.8) is 0 Å². The minimum Gasteiger partial charge on any atom is -0.481 e. The Bertz CT molecular complexity index is 492. The minimum atomic E-state index is -0.987. The van der Waals surface area contributed by atoms with Gasteiger partial charge in [0.2, 0.25) is 5.91 Å². The molecule has 0 radical (unpaired) electrons. The molecule has 3 atom stereocenters. The number of rotatable bonds is 18. The third kappa shape index (κ3) is 13.5. The van der Waals surface area contributed by atoms with Gasteiger partial charge in [-0.05, 0) is 37.8 Å². The van der Waals surface area contributed by atoms with Crippen LogP contribution in [-0.4, -0.2) is 60.1 Å². The summed E-state index contributed by atoms with van der Waals surface area (Å²) < 4.78 is 4.54. The number of aliphatic carboxylic acids is 1. The van der Waals surface area contributed by atoms with E-state index in [0.717, 1.165) is 12.8 Å². The molecule has 9 nitrogen and oxygen atoms in total. The number of ether oxygens (including phenoxy) is 1. The van der Waals surface area contributed by atoms with Crippen molar-refractivity contribution in [1.82, 2.24) is 5.32 Å². The number of hydrogen-bond acceptors (Lipinski definition) is 8. The van der Waals surface area contributed by atoms with Gasteiger partial charge in [0, 0.05) is 31.2 Å². The largest absolute Gasteiger partial charge is 0.481 e. The first-order valence-corrected chi connectivity index (χ1v) is 10.8. The molecular weight excluding hydrogens is 386 g/mol. The average Bonchev–Trinajstić information content (AvgIpc) is 2.63. The fourth-order valence-electron chi connectivity index (χ4n) is 2.70. The van der Waals surface area contributed by atoms with Crippen LogP contribution in [0.2, 0.25) is 0 Å². The quantitative estimate of drug-likeness (QED) is 0.142. The van der Waals surface area contributed by atoms with Gasteiger partial charge in [-0.3, -0.25) is 24.9 Å². The monoisotopic (exact) mass is 419 g/mol. The summed E-state index contributed by atoms with van der Waals surface area (Å²) in [6.07, 6.45) is 3.74. The summed E-state index contributed by atoms with van der Waals surface area (Å²) in [4.78, 5) is 46.2. The number of unbranched alkanes of at least 4 members (excludes halogenated alkanes) is 1. The Kier molecular flexibility index (Phi) is 15.4. The van der Waals surface area contributed by atoms with Crippen molar-refractivity contribution in [1.29, 1.82) is 0 Å². The summed E-state index contributed by atoms with van der Waals surface area (Å²) in [6, 6.07) is -0.488. The van der Waals surface area contributed by atoms with Crippen molar-refractivity contribution < 1.29 is 29.0 Å². The summed E-state index contributed by atoms with van der Waals surface area (Å²) in [6.45, 7) is 0.742. The lowest BCUT2D eigenvalue weighted by atomic mass is 9.95. The summed E-state index contributed by atoms with van der Waals surface area (Å²) in [7, 11) is 0. The lowest BCUT2D eigenvalue weighted by Gasteiger charge is -2.22. The maximum absolute atomic E-state index is 12.7. The van der Waals surface area contributed by atoms with E-state index in [1.807, 2.05) is 6.26 Å². The zero-order chi connectivity index (χ0) is 21.4. The second-order valence-electron chi connectivity index (χ2n) is 6.62. The van der Waals surface area contributed by atoms with Crippen molar-refractivity contribution in [3.05, 3.63) is 0 Å². The Morgan fingerprint density at radius 3 is 2.46 bits per heavy atom. The van der Waals surface area contributed by atoms with Crippen LogP contribution >= 0.6 is 11.8 Å². The molecule has 0 fully saturated rings. The topological polar surface area (TPSA) is 162 Å². The molecule has 162 valence electrons. The number of carboxylic acid groups (broad SMARTS) is 1. The van der Waals surface area contributed by atoms with Crippen molar-refractivity contribution in [3.8, 4) is 0 Å². The van der Waals surface area contributed by atoms with Crippen molar-refractivity contribution in [2.75, 3.05) is 18.6 Å². The van der Waals surface area contributed by atoms with E-state index >= 15 is 0 Å². The molecule has 0 saturated carbocycles. The Labute approximate surface area is 170 Å². The standard InChI is InChI=1S/C18H33N3O6S/c1-28-9-7-13(10-15(23)5-6-16(20)27-12-22)18(26)21-14(11-17(24)25)4-2-3-8-19/h12-14,16H,2-11,19-20H2,1H3,(H,21,26)(H,24,25). The fraction of sp³-hybridized carbons (Fsp3) is 0.778. The molecule has 3 unspecified atom stereocenters. The van der Waals surface area contributed by atoms with E-state index < -0.39 is 24.2 Å². The molecule has 0 aliphatic carbocycles. The highest BCUT2D eigenvalue weighted by Crippen LogP contribution is 2.16. The first kappa shape index (κ1) is 26.4. The molecule has 1 amide bonds. The zero-order valence-corrected chi connectivity index (χ0v) is 17.2. The van der Waals surface area contributed by atoms with Crippen LogP contribution in [0.15, 0.2) is 0 Å². The van der Waals surface area contributed by atoms with Gasteiger partial charge in [0.1, 0.15) is 5.78 Å². The van der Waals surface area contributed by atoms with E-state index in [1.54, 1.807) is 11.8 Å². The summed E-state index contributed by atoms with van der Waals surface area (Å²) in [5.41, 5.74) is 11.0. The Hall–Kier alpha value is -1.65. The number of carbonyl (C=O) groups is 4. The van der Waals surface area contributed by atoms with Gasteiger partial charge in [0.15, 0.2) is 6.23 Å². The molecule has 0 aromatic heterocycles. The average molecular weight is 420 g/mol. The van der Waals surface area contributed by atoms with Gasteiger partial charge in [-0.25, -0.2) is 0 Å². The van der Waals surface area contributed by atoms with Crippen LogP contribution in [-0.2, 0) is 23.9 Å². The maximum atomic E-state index is 12.7. The van der Waals surface area contributed by atoms with Crippen LogP contribution in [0, 0.1) is 5.92 Å². The summed E-state index contributed by atoms with van der Waals surface area (Å²) >= 11 is 1.57. The maximum Gasteiger partial charge on any atom is 0.305 e. The SMILES string of the molecule is CSCCC(CC(=O)CCC(N)OC=O)C(=O)NC(CCCCN)CC(=O)O. The Morgan fingerprint density at radius 1 is 1.18 bits per heavy atom. The van der Waals surface area contributed by atoms with Crippen LogP contribution in [0.1, 0.15) is 51.4 Å². The highest BCUT2D eigenvalue weighted by atomic mass is 32.2. The van der Waals surface area contributed by atoms with E-state index in [-0.39, 0.29) is 43.8 Å². The second-order valence-corrected chi connectivity index (χ2v) is 7.60. The molecule has 0 aromatic rings. The van der Waals surface area contributed by atoms with E-state index in [4.69, 9.17) is 16.6 Å². The minimum absolute atomic E-state index is 0.0444. The molecule has 28 heavy (non-hydrogen) atoms. The molecule has 0 saturated heterocycles. The first-order chi connectivity index (χ1) is 13.3. The third-order valence-corrected chi connectivity index (χ3v) is 4.87. The predicted octanol–water partition coefficient (Wildman–Crippen LogP) is 0.641. The van der Waals surface area contributed by atoms with Crippen LogP contribution in [0.4, 0.5) is 0 Å². The number of carboxylic acids is 1. The highest BCUT2D eigenvalue weighted by Gasteiger charge is 2.25. The normalized spacial score (nSPS) is 14.0. The molecule has 0 spiro atoms. The lowest BCUT2D eigenvalue weighted by Crippen LogP contribution is -2.41. The van der Waals surface area contributed by atoms with Crippen LogP contribution in [0.5, 0.6) is 0 Å². The lowest BCUT2D eigenvalue weighted by molar-refractivity contribution is -0.138. The summed E-state index contributed by atoms with van der Waals surface area (Å²) in [5, 5.41) is 11.9. The smallest absolute Gasteiger partial charge is 0.305 e. The molecule has 0 aliphatic rings.